The first-order valence-electron chi connectivity index (χ1n) is 6.02. The number of nitrogens with zero attached hydrogens (tertiary/aromatic N) is 1. The molecule has 104 valence electrons. The Bertz CT molecular complexity index is 449. The molecule has 0 aromatic carbocycles. The van der Waals surface area contributed by atoms with Crippen molar-refractivity contribution in [1.82, 2.24) is 4.98 Å². The van der Waals surface area contributed by atoms with Crippen LogP contribution in [0.15, 0.2) is 18.3 Å². The van der Waals surface area contributed by atoms with E-state index in [0.717, 1.165) is 5.82 Å². The molecule has 0 saturated heterocycles. The molecule has 1 amide bonds. The largest absolute Gasteiger partial charge is 0.481 e. The van der Waals surface area contributed by atoms with Crippen LogP contribution in [0.25, 0.3) is 0 Å². The molecule has 1 aromatic heterocycles. The lowest BCUT2D eigenvalue weighted by Crippen LogP contribution is -2.26. The van der Waals surface area contributed by atoms with Crippen molar-refractivity contribution < 1.29 is 14.7 Å². The number of anilines is 2. The number of carbonyl (C=O) groups excluding carboxylic acids is 1. The van der Waals surface area contributed by atoms with Gasteiger partial charge in [-0.3, -0.25) is 9.59 Å². The van der Waals surface area contributed by atoms with Crippen molar-refractivity contribution >= 4 is 23.4 Å². The second kappa shape index (κ2) is 6.17. The number of rotatable bonds is 5. The fourth-order valence-corrected chi connectivity index (χ4v) is 1.37. The number of carboxylic acid groups (broad SMARTS) is 1. The van der Waals surface area contributed by atoms with Gasteiger partial charge in [0.15, 0.2) is 0 Å². The molecule has 0 bridgehead atoms. The quantitative estimate of drug-likeness (QED) is 0.758. The normalized spacial score (nSPS) is 10.9. The Morgan fingerprint density at radius 2 is 1.95 bits per heavy atom. The molecule has 0 aliphatic heterocycles. The molecule has 0 unspecified atom stereocenters. The van der Waals surface area contributed by atoms with Gasteiger partial charge in [0.1, 0.15) is 5.82 Å². The van der Waals surface area contributed by atoms with E-state index in [2.05, 4.69) is 15.6 Å². The highest BCUT2D eigenvalue weighted by molar-refractivity contribution is 5.92. The molecular formula is C13H19N3O3. The van der Waals surface area contributed by atoms with Crippen LogP contribution in [0, 0.1) is 0 Å². The number of aliphatic carboxylic acids is 1. The van der Waals surface area contributed by atoms with Crippen molar-refractivity contribution in [3.05, 3.63) is 18.3 Å². The summed E-state index contributed by atoms with van der Waals surface area (Å²) in [5.41, 5.74) is 0.467. The summed E-state index contributed by atoms with van der Waals surface area (Å²) in [5.74, 6) is -0.602. The average Bonchev–Trinajstić information content (AvgIpc) is 2.27. The van der Waals surface area contributed by atoms with Crippen molar-refractivity contribution in [2.24, 2.45) is 0 Å². The van der Waals surface area contributed by atoms with Crippen LogP contribution in [0.4, 0.5) is 11.5 Å². The van der Waals surface area contributed by atoms with E-state index in [9.17, 15) is 9.59 Å². The van der Waals surface area contributed by atoms with Crippen LogP contribution in [0.5, 0.6) is 0 Å². The molecule has 19 heavy (non-hydrogen) atoms. The Labute approximate surface area is 112 Å². The summed E-state index contributed by atoms with van der Waals surface area (Å²) in [6.07, 6.45) is 1.31. The molecule has 0 aliphatic carbocycles. The minimum Gasteiger partial charge on any atom is -0.481 e. The minimum atomic E-state index is -0.988. The van der Waals surface area contributed by atoms with Gasteiger partial charge in [0, 0.05) is 12.0 Å². The van der Waals surface area contributed by atoms with E-state index in [-0.39, 0.29) is 24.3 Å². The molecule has 0 aliphatic rings. The van der Waals surface area contributed by atoms with Gasteiger partial charge in [0.05, 0.1) is 18.3 Å². The van der Waals surface area contributed by atoms with Gasteiger partial charge in [-0.2, -0.15) is 0 Å². The molecular weight excluding hydrogens is 246 g/mol. The Kier molecular flexibility index (Phi) is 4.86. The lowest BCUT2D eigenvalue weighted by atomic mass is 10.1. The Morgan fingerprint density at radius 1 is 1.26 bits per heavy atom. The van der Waals surface area contributed by atoms with Crippen LogP contribution in [0.2, 0.25) is 0 Å². The van der Waals surface area contributed by atoms with Crippen LogP contribution in [-0.2, 0) is 9.59 Å². The summed E-state index contributed by atoms with van der Waals surface area (Å²) in [7, 11) is 0. The smallest absolute Gasteiger partial charge is 0.303 e. The van der Waals surface area contributed by atoms with Gasteiger partial charge >= 0.3 is 5.97 Å². The maximum Gasteiger partial charge on any atom is 0.303 e. The zero-order valence-electron chi connectivity index (χ0n) is 11.4. The molecule has 0 atom stereocenters. The van der Waals surface area contributed by atoms with E-state index in [4.69, 9.17) is 5.11 Å². The van der Waals surface area contributed by atoms with Crippen LogP contribution in [-0.4, -0.2) is 27.5 Å². The second-order valence-corrected chi connectivity index (χ2v) is 5.25. The van der Waals surface area contributed by atoms with Crippen molar-refractivity contribution in [1.29, 1.82) is 0 Å². The second-order valence-electron chi connectivity index (χ2n) is 5.25. The van der Waals surface area contributed by atoms with Gasteiger partial charge in [-0.15, -0.1) is 0 Å². The number of amides is 1. The SMILES string of the molecule is CC(C)(C)Nc1ccc(NC(=O)CCC(=O)O)cn1. The third-order valence-corrected chi connectivity index (χ3v) is 2.12. The maximum absolute atomic E-state index is 11.4. The average molecular weight is 265 g/mol. The summed E-state index contributed by atoms with van der Waals surface area (Å²) >= 11 is 0. The molecule has 1 rings (SSSR count). The first-order chi connectivity index (χ1) is 8.76. The molecule has 1 heterocycles. The Balaban J connectivity index is 2.52. The highest BCUT2D eigenvalue weighted by Gasteiger charge is 2.10. The van der Waals surface area contributed by atoms with E-state index < -0.39 is 5.97 Å². The maximum atomic E-state index is 11.4. The van der Waals surface area contributed by atoms with Gasteiger partial charge < -0.3 is 15.7 Å². The minimum absolute atomic E-state index is 0.0443. The van der Waals surface area contributed by atoms with Crippen LogP contribution < -0.4 is 10.6 Å². The van der Waals surface area contributed by atoms with E-state index in [1.54, 1.807) is 12.1 Å². The van der Waals surface area contributed by atoms with Gasteiger partial charge in [0.2, 0.25) is 5.91 Å². The standard InChI is InChI=1S/C13H19N3O3/c1-13(2,3)16-10-5-4-9(8-14-10)15-11(17)6-7-12(18)19/h4-5,8H,6-7H2,1-3H3,(H,14,16)(H,15,17)(H,18,19). The van der Waals surface area contributed by atoms with Crippen LogP contribution >= 0.6 is 0 Å². The fraction of sp³-hybridized carbons (Fsp3) is 0.462. The first-order valence-corrected chi connectivity index (χ1v) is 6.02. The van der Waals surface area contributed by atoms with Crippen LogP contribution in [0.1, 0.15) is 33.6 Å². The van der Waals surface area contributed by atoms with Crippen LogP contribution in [0.3, 0.4) is 0 Å². The lowest BCUT2D eigenvalue weighted by Gasteiger charge is -2.21. The first kappa shape index (κ1) is 14.9. The van der Waals surface area contributed by atoms with Gasteiger partial charge in [-0.05, 0) is 32.9 Å². The Hall–Kier alpha value is -2.11. The third kappa shape index (κ3) is 6.40. The van der Waals surface area contributed by atoms with Crippen molar-refractivity contribution in [2.75, 3.05) is 10.6 Å². The zero-order chi connectivity index (χ0) is 14.5. The number of hydrogen-bond acceptors (Lipinski definition) is 4. The monoisotopic (exact) mass is 265 g/mol. The summed E-state index contributed by atoms with van der Waals surface area (Å²) in [6.45, 7) is 6.07. The lowest BCUT2D eigenvalue weighted by molar-refractivity contribution is -0.138. The number of aromatic nitrogens is 1. The molecule has 1 aromatic rings. The summed E-state index contributed by atoms with van der Waals surface area (Å²) < 4.78 is 0. The van der Waals surface area contributed by atoms with E-state index in [1.807, 2.05) is 20.8 Å². The number of carboxylic acids is 1. The predicted octanol–water partition coefficient (Wildman–Crippen LogP) is 2.10. The van der Waals surface area contributed by atoms with Gasteiger partial charge in [-0.1, -0.05) is 0 Å². The van der Waals surface area contributed by atoms with E-state index in [1.165, 1.54) is 6.20 Å². The molecule has 0 saturated carbocycles. The van der Waals surface area contributed by atoms with Crippen molar-refractivity contribution in [3.63, 3.8) is 0 Å². The topological polar surface area (TPSA) is 91.3 Å². The summed E-state index contributed by atoms with van der Waals surface area (Å²) in [4.78, 5) is 25.9. The molecule has 6 nitrogen and oxygen atoms in total. The number of pyridine rings is 1. The molecule has 0 fully saturated rings. The summed E-state index contributed by atoms with van der Waals surface area (Å²) in [6, 6.07) is 3.48. The van der Waals surface area contributed by atoms with Gasteiger partial charge in [0.25, 0.3) is 0 Å². The van der Waals surface area contributed by atoms with Crippen molar-refractivity contribution in [3.8, 4) is 0 Å². The van der Waals surface area contributed by atoms with Crippen molar-refractivity contribution in [2.45, 2.75) is 39.2 Å². The third-order valence-electron chi connectivity index (χ3n) is 2.12. The highest BCUT2D eigenvalue weighted by atomic mass is 16.4. The zero-order valence-corrected chi connectivity index (χ0v) is 11.4. The molecule has 6 heteroatoms. The van der Waals surface area contributed by atoms with E-state index >= 15 is 0 Å². The summed E-state index contributed by atoms with van der Waals surface area (Å²) in [5, 5.41) is 14.3. The highest BCUT2D eigenvalue weighted by Crippen LogP contribution is 2.14. The molecule has 0 spiro atoms. The number of nitrogens with one attached hydrogen (secondary N) is 2. The molecule has 3 N–H and O–H groups in total. The van der Waals surface area contributed by atoms with E-state index in [0.29, 0.717) is 5.69 Å². The number of carbonyl (C=O) groups is 2. The van der Waals surface area contributed by atoms with Gasteiger partial charge in [-0.25, -0.2) is 4.98 Å². The predicted molar refractivity (Wildman–Crippen MR) is 73.1 cm³/mol. The fourth-order valence-electron chi connectivity index (χ4n) is 1.37. The molecule has 0 radical (unpaired) electrons. The Morgan fingerprint density at radius 3 is 2.42 bits per heavy atom. The number of hydrogen-bond donors (Lipinski definition) is 3.